The summed E-state index contributed by atoms with van der Waals surface area (Å²) in [6.45, 7) is 4.67. The Bertz CT molecular complexity index is 361. The zero-order chi connectivity index (χ0) is 14.0. The van der Waals surface area contributed by atoms with E-state index in [-0.39, 0.29) is 0 Å². The lowest BCUT2D eigenvalue weighted by molar-refractivity contribution is 0.250. The van der Waals surface area contributed by atoms with E-state index in [1.165, 1.54) is 61.6 Å². The molecule has 3 fully saturated rings. The summed E-state index contributed by atoms with van der Waals surface area (Å²) in [6, 6.07) is 0.576. The van der Waals surface area contributed by atoms with Crippen molar-refractivity contribution in [2.45, 2.75) is 75.6 Å². The second kappa shape index (κ2) is 6.51. The molecule has 0 aromatic carbocycles. The molecule has 3 rings (SSSR count). The van der Waals surface area contributed by atoms with Crippen molar-refractivity contribution in [2.75, 3.05) is 11.5 Å². The minimum Gasteiger partial charge on any atom is -0.359 e. The number of nitrogens with one attached hydrogen (secondary N) is 1. The number of thioether (sulfide) groups is 2. The third-order valence-corrected chi connectivity index (χ3v) is 7.66. The topological polar surface area (TPSA) is 24.4 Å². The van der Waals surface area contributed by atoms with Gasteiger partial charge in [0, 0.05) is 16.5 Å². The lowest BCUT2D eigenvalue weighted by Crippen LogP contribution is -2.46. The molecule has 1 aliphatic heterocycles. The van der Waals surface area contributed by atoms with Crippen LogP contribution in [0.1, 0.15) is 58.8 Å². The van der Waals surface area contributed by atoms with E-state index in [0.29, 0.717) is 11.6 Å². The molecule has 3 aliphatic rings. The van der Waals surface area contributed by atoms with Crippen molar-refractivity contribution in [3.63, 3.8) is 0 Å². The van der Waals surface area contributed by atoms with Crippen molar-refractivity contribution in [1.82, 2.24) is 5.32 Å². The van der Waals surface area contributed by atoms with Crippen LogP contribution < -0.4 is 5.32 Å². The van der Waals surface area contributed by atoms with Gasteiger partial charge in [0.25, 0.3) is 0 Å². The van der Waals surface area contributed by atoms with Crippen LogP contribution in [0, 0.1) is 5.92 Å². The Balaban J connectivity index is 1.60. The Morgan fingerprint density at radius 2 is 2.10 bits per heavy atom. The molecule has 2 aliphatic carbocycles. The molecular formula is C16H28N2S2. The summed E-state index contributed by atoms with van der Waals surface area (Å²) in [5, 5.41) is 5.85. The highest BCUT2D eigenvalue weighted by molar-refractivity contribution is 8.14. The van der Waals surface area contributed by atoms with Crippen molar-refractivity contribution in [3.05, 3.63) is 0 Å². The summed E-state index contributed by atoms with van der Waals surface area (Å²) >= 11 is 4.10. The Hall–Kier alpha value is 0.170. The van der Waals surface area contributed by atoms with Crippen molar-refractivity contribution in [3.8, 4) is 0 Å². The van der Waals surface area contributed by atoms with Gasteiger partial charge in [-0.1, -0.05) is 32.0 Å². The van der Waals surface area contributed by atoms with Gasteiger partial charge in [-0.05, 0) is 50.2 Å². The highest BCUT2D eigenvalue weighted by Crippen LogP contribution is 2.39. The second-order valence-corrected chi connectivity index (χ2v) is 9.28. The lowest BCUT2D eigenvalue weighted by Gasteiger charge is -2.35. The molecule has 4 heteroatoms. The maximum Gasteiger partial charge on any atom is 0.157 e. The lowest BCUT2D eigenvalue weighted by atomic mass is 9.78. The predicted molar refractivity (Wildman–Crippen MR) is 93.0 cm³/mol. The van der Waals surface area contributed by atoms with Gasteiger partial charge in [-0.15, -0.1) is 0 Å². The van der Waals surface area contributed by atoms with Gasteiger partial charge in [0.2, 0.25) is 0 Å². The first-order valence-corrected chi connectivity index (χ1v) is 10.3. The highest BCUT2D eigenvalue weighted by Gasteiger charge is 2.40. The Morgan fingerprint density at radius 1 is 1.30 bits per heavy atom. The molecule has 2 atom stereocenters. The number of hydrogen-bond donors (Lipinski definition) is 1. The SMILES string of the molecule is CCSC1CCCC1N=C1NC2(CCC(C)CC2)CS1. The first-order valence-electron chi connectivity index (χ1n) is 8.31. The van der Waals surface area contributed by atoms with Gasteiger partial charge in [0.1, 0.15) is 0 Å². The maximum absolute atomic E-state index is 5.09. The molecule has 20 heavy (non-hydrogen) atoms. The molecule has 0 amide bonds. The number of hydrogen-bond acceptors (Lipinski definition) is 3. The van der Waals surface area contributed by atoms with Crippen LogP contribution in [0.15, 0.2) is 4.99 Å². The van der Waals surface area contributed by atoms with Crippen LogP contribution in [0.3, 0.4) is 0 Å². The fourth-order valence-electron chi connectivity index (χ4n) is 3.77. The van der Waals surface area contributed by atoms with Gasteiger partial charge in [0.05, 0.1) is 6.04 Å². The zero-order valence-corrected chi connectivity index (χ0v) is 14.5. The summed E-state index contributed by atoms with van der Waals surface area (Å²) < 4.78 is 0. The van der Waals surface area contributed by atoms with Crippen molar-refractivity contribution in [2.24, 2.45) is 10.9 Å². The molecule has 2 unspecified atom stereocenters. The average molecular weight is 313 g/mol. The van der Waals surface area contributed by atoms with Gasteiger partial charge in [-0.3, -0.25) is 4.99 Å². The van der Waals surface area contributed by atoms with Crippen molar-refractivity contribution < 1.29 is 0 Å². The van der Waals surface area contributed by atoms with E-state index in [1.54, 1.807) is 0 Å². The van der Waals surface area contributed by atoms with Crippen LogP contribution in [0.25, 0.3) is 0 Å². The number of aliphatic imine (C=N–C) groups is 1. The minimum atomic E-state index is 0.391. The largest absolute Gasteiger partial charge is 0.359 e. The number of amidine groups is 1. The van der Waals surface area contributed by atoms with Crippen molar-refractivity contribution in [1.29, 1.82) is 0 Å². The van der Waals surface area contributed by atoms with Crippen LogP contribution in [0.5, 0.6) is 0 Å². The molecule has 1 N–H and O–H groups in total. The summed E-state index contributed by atoms with van der Waals surface area (Å²) in [4.78, 5) is 5.09. The minimum absolute atomic E-state index is 0.391. The van der Waals surface area contributed by atoms with E-state index >= 15 is 0 Å². The van der Waals surface area contributed by atoms with Crippen molar-refractivity contribution >= 4 is 28.7 Å². The Labute approximate surface area is 132 Å². The highest BCUT2D eigenvalue weighted by atomic mass is 32.2. The summed E-state index contributed by atoms with van der Waals surface area (Å²) in [6.07, 6.45) is 9.50. The van der Waals surface area contributed by atoms with Crippen LogP contribution >= 0.6 is 23.5 Å². The first kappa shape index (κ1) is 15.1. The summed E-state index contributed by atoms with van der Waals surface area (Å²) in [5.41, 5.74) is 0.391. The summed E-state index contributed by atoms with van der Waals surface area (Å²) in [7, 11) is 0. The van der Waals surface area contributed by atoms with Crippen LogP contribution in [-0.2, 0) is 0 Å². The molecule has 0 aromatic rings. The van der Waals surface area contributed by atoms with Gasteiger partial charge in [0.15, 0.2) is 5.17 Å². The quantitative estimate of drug-likeness (QED) is 0.841. The van der Waals surface area contributed by atoms with E-state index in [0.717, 1.165) is 11.2 Å². The normalized spacial score (nSPS) is 43.3. The van der Waals surface area contributed by atoms with E-state index in [2.05, 4.69) is 30.9 Å². The van der Waals surface area contributed by atoms with E-state index < -0.39 is 0 Å². The van der Waals surface area contributed by atoms with E-state index in [1.807, 2.05) is 11.8 Å². The Kier molecular flexibility index (Phi) is 4.91. The fraction of sp³-hybridized carbons (Fsp3) is 0.938. The van der Waals surface area contributed by atoms with Crippen LogP contribution in [-0.4, -0.2) is 33.5 Å². The fourth-order valence-corrected chi connectivity index (χ4v) is 6.23. The monoisotopic (exact) mass is 312 g/mol. The van der Waals surface area contributed by atoms with Gasteiger partial charge in [-0.2, -0.15) is 11.8 Å². The Morgan fingerprint density at radius 3 is 2.85 bits per heavy atom. The molecule has 0 bridgehead atoms. The molecule has 1 spiro atoms. The third kappa shape index (κ3) is 3.32. The molecule has 0 aromatic heterocycles. The average Bonchev–Trinajstić information content (AvgIpc) is 3.03. The second-order valence-electron chi connectivity index (χ2n) is 6.80. The van der Waals surface area contributed by atoms with Gasteiger partial charge < -0.3 is 5.32 Å². The number of nitrogens with zero attached hydrogens (tertiary/aromatic N) is 1. The van der Waals surface area contributed by atoms with Crippen LogP contribution in [0.4, 0.5) is 0 Å². The van der Waals surface area contributed by atoms with Gasteiger partial charge >= 0.3 is 0 Å². The zero-order valence-electron chi connectivity index (χ0n) is 12.9. The molecule has 1 saturated heterocycles. The molecule has 1 heterocycles. The maximum atomic E-state index is 5.09. The molecular weight excluding hydrogens is 284 g/mol. The molecule has 2 nitrogen and oxygen atoms in total. The smallest absolute Gasteiger partial charge is 0.157 e. The van der Waals surface area contributed by atoms with E-state index in [4.69, 9.17) is 4.99 Å². The predicted octanol–water partition coefficient (Wildman–Crippen LogP) is 4.30. The summed E-state index contributed by atoms with van der Waals surface area (Å²) in [5.74, 6) is 3.40. The number of rotatable bonds is 3. The van der Waals surface area contributed by atoms with E-state index in [9.17, 15) is 0 Å². The molecule has 114 valence electrons. The molecule has 0 radical (unpaired) electrons. The third-order valence-electron chi connectivity index (χ3n) is 5.17. The molecule has 2 saturated carbocycles. The standard InChI is InChI=1S/C16H28N2S2/c1-3-19-14-6-4-5-13(14)17-15-18-16(11-20-15)9-7-12(2)8-10-16/h12-14H,3-11H2,1-2H3,(H,17,18). The van der Waals surface area contributed by atoms with Gasteiger partial charge in [-0.25, -0.2) is 0 Å². The van der Waals surface area contributed by atoms with Crippen LogP contribution in [0.2, 0.25) is 0 Å². The first-order chi connectivity index (χ1) is 9.71.